The van der Waals surface area contributed by atoms with Gasteiger partial charge in [-0.25, -0.2) is 18.1 Å². The molecule has 2 N–H and O–H groups in total. The molecule has 5 aliphatic rings. The molecule has 0 spiro atoms. The predicted octanol–water partition coefficient (Wildman–Crippen LogP) is 6.65. The zero-order chi connectivity index (χ0) is 30.4. The Bertz CT molecular complexity index is 1880. The first-order chi connectivity index (χ1) is 21.1. The van der Waals surface area contributed by atoms with Crippen LogP contribution in [0, 0.1) is 0 Å². The number of sulfonamides is 1. The summed E-state index contributed by atoms with van der Waals surface area (Å²) in [6.07, 6.45) is 6.45. The number of thiazole rings is 1. The second kappa shape index (κ2) is 10.4. The highest BCUT2D eigenvalue weighted by Gasteiger charge is 2.51. The molecule has 2 aromatic carbocycles. The largest absolute Gasteiger partial charge is 0.360 e. The molecule has 3 aliphatic carbocycles. The SMILES string of the molecule is CC1(S(=O)(=O)NC(=O)c2ccc3nc(N4C5CC(NCc6c(-c7c(Cl)cccc7Cl)noc6C6CC6)CC4C5)sc3c2)CC1. The average Bonchev–Trinajstić information content (AvgIpc) is 3.89. The maximum absolute atomic E-state index is 12.8. The van der Waals surface area contributed by atoms with Gasteiger partial charge in [-0.3, -0.25) is 4.79 Å². The standard InChI is InChI=1S/C31H31Cl2N5O4S2/c1-31(9-10-31)44(40,41)37-29(39)17-7-8-24-25(11-17)43-30(35-24)38-19-12-18(13-20(38)14-19)34-15-21-27(36-42-28(21)16-5-6-16)26-22(32)3-2-4-23(26)33/h2-4,7-8,11,16,18-20,34H,5-6,9-10,12-15H2,1H3,(H,37,39). The molecule has 2 bridgehead atoms. The average molecular weight is 673 g/mol. The van der Waals surface area contributed by atoms with Crippen molar-refractivity contribution >= 4 is 65.8 Å². The highest BCUT2D eigenvalue weighted by Crippen LogP contribution is 2.47. The number of carbonyl (C=O) groups excluding carboxylic acids is 1. The Hall–Kier alpha value is -2.70. The number of hydrogen-bond acceptors (Lipinski definition) is 9. The topological polar surface area (TPSA) is 117 Å². The van der Waals surface area contributed by atoms with Gasteiger partial charge in [0, 0.05) is 47.3 Å². The van der Waals surface area contributed by atoms with Crippen molar-refractivity contribution in [2.75, 3.05) is 4.90 Å². The molecule has 44 heavy (non-hydrogen) atoms. The van der Waals surface area contributed by atoms with Crippen LogP contribution in [0.2, 0.25) is 10.0 Å². The van der Waals surface area contributed by atoms with Crippen molar-refractivity contribution in [2.24, 2.45) is 0 Å². The highest BCUT2D eigenvalue weighted by atomic mass is 35.5. The van der Waals surface area contributed by atoms with Crippen LogP contribution in [0.25, 0.3) is 21.5 Å². The first kappa shape index (κ1) is 28.8. The van der Waals surface area contributed by atoms with Crippen molar-refractivity contribution in [3.8, 4) is 11.3 Å². The van der Waals surface area contributed by atoms with Crippen LogP contribution in [-0.4, -0.2) is 47.3 Å². The molecule has 4 heterocycles. The van der Waals surface area contributed by atoms with Gasteiger partial charge >= 0.3 is 0 Å². The second-order valence-electron chi connectivity index (χ2n) is 12.8. The number of nitrogens with zero attached hydrogens (tertiary/aromatic N) is 3. The molecule has 230 valence electrons. The van der Waals surface area contributed by atoms with E-state index >= 15 is 0 Å². The van der Waals surface area contributed by atoms with Gasteiger partial charge in [0.1, 0.15) is 11.5 Å². The second-order valence-corrected chi connectivity index (χ2v) is 16.8. The Kier molecular flexibility index (Phi) is 6.81. The predicted molar refractivity (Wildman–Crippen MR) is 172 cm³/mol. The zero-order valence-electron chi connectivity index (χ0n) is 24.0. The molecule has 2 unspecified atom stereocenters. The number of anilines is 1. The molecule has 3 saturated carbocycles. The summed E-state index contributed by atoms with van der Waals surface area (Å²) < 4.78 is 33.2. The Morgan fingerprint density at radius 3 is 2.52 bits per heavy atom. The van der Waals surface area contributed by atoms with E-state index in [1.165, 1.54) is 0 Å². The van der Waals surface area contributed by atoms with Crippen LogP contribution in [0.1, 0.15) is 79.5 Å². The lowest BCUT2D eigenvalue weighted by Crippen LogP contribution is -2.64. The molecule has 9 rings (SSSR count). The lowest BCUT2D eigenvalue weighted by Gasteiger charge is -2.55. The molecule has 9 nitrogen and oxygen atoms in total. The Morgan fingerprint density at radius 1 is 1.11 bits per heavy atom. The van der Waals surface area contributed by atoms with Crippen molar-refractivity contribution < 1.29 is 17.7 Å². The van der Waals surface area contributed by atoms with Crippen LogP contribution < -0.4 is 14.9 Å². The summed E-state index contributed by atoms with van der Waals surface area (Å²) in [7, 11) is -3.70. The summed E-state index contributed by atoms with van der Waals surface area (Å²) in [5.41, 5.74) is 3.62. The van der Waals surface area contributed by atoms with Crippen LogP contribution in [0.4, 0.5) is 5.13 Å². The molecule has 2 saturated heterocycles. The van der Waals surface area contributed by atoms with Gasteiger partial charge in [0.05, 0.1) is 25.0 Å². The fraction of sp³-hybridized carbons (Fsp3) is 0.452. The van der Waals surface area contributed by atoms with Gasteiger partial charge in [0.15, 0.2) is 5.13 Å². The first-order valence-electron chi connectivity index (χ1n) is 15.0. The molecule has 2 aromatic heterocycles. The van der Waals surface area contributed by atoms with Crippen molar-refractivity contribution in [1.82, 2.24) is 20.2 Å². The van der Waals surface area contributed by atoms with E-state index in [-0.39, 0.29) is 0 Å². The molecule has 5 fully saturated rings. The van der Waals surface area contributed by atoms with E-state index < -0.39 is 20.7 Å². The minimum atomic E-state index is -3.70. The highest BCUT2D eigenvalue weighted by molar-refractivity contribution is 7.91. The lowest BCUT2D eigenvalue weighted by atomic mass is 9.77. The van der Waals surface area contributed by atoms with Gasteiger partial charge in [-0.05, 0) is 82.2 Å². The molecule has 1 amide bonds. The summed E-state index contributed by atoms with van der Waals surface area (Å²) in [4.78, 5) is 20.1. The van der Waals surface area contributed by atoms with Crippen LogP contribution in [-0.2, 0) is 16.6 Å². The van der Waals surface area contributed by atoms with Crippen molar-refractivity contribution in [3.63, 3.8) is 0 Å². The van der Waals surface area contributed by atoms with Gasteiger partial charge in [0.25, 0.3) is 5.91 Å². The van der Waals surface area contributed by atoms with E-state index in [4.69, 9.17) is 32.7 Å². The molecule has 4 aromatic rings. The molecule has 13 heteroatoms. The smallest absolute Gasteiger partial charge is 0.264 e. The maximum Gasteiger partial charge on any atom is 0.264 e. The van der Waals surface area contributed by atoms with E-state index in [2.05, 4.69) is 20.1 Å². The van der Waals surface area contributed by atoms with Gasteiger partial charge in [-0.15, -0.1) is 0 Å². The number of nitrogens with one attached hydrogen (secondary N) is 2. The summed E-state index contributed by atoms with van der Waals surface area (Å²) in [6, 6.07) is 11.8. The number of hydrogen-bond donors (Lipinski definition) is 2. The third kappa shape index (κ3) is 4.92. The number of halogens is 2. The summed E-state index contributed by atoms with van der Waals surface area (Å²) in [6.45, 7) is 2.30. The van der Waals surface area contributed by atoms with Crippen molar-refractivity contribution in [2.45, 2.75) is 87.2 Å². The fourth-order valence-electron chi connectivity index (χ4n) is 6.59. The molecular formula is C31H31Cl2N5O4S2. The number of fused-ring (bicyclic) bond motifs is 3. The van der Waals surface area contributed by atoms with E-state index in [1.807, 2.05) is 18.2 Å². The molecule has 2 atom stereocenters. The molecule has 0 radical (unpaired) electrons. The van der Waals surface area contributed by atoms with Gasteiger partial charge < -0.3 is 14.7 Å². The van der Waals surface area contributed by atoms with Crippen molar-refractivity contribution in [1.29, 1.82) is 0 Å². The first-order valence-corrected chi connectivity index (χ1v) is 18.1. The quantitative estimate of drug-likeness (QED) is 0.203. The Morgan fingerprint density at radius 2 is 1.84 bits per heavy atom. The van der Waals surface area contributed by atoms with Gasteiger partial charge in [0.2, 0.25) is 10.0 Å². The van der Waals surface area contributed by atoms with Crippen LogP contribution >= 0.6 is 34.5 Å². The number of aromatic nitrogens is 2. The third-order valence-corrected chi connectivity index (χ3v) is 13.5. The van der Waals surface area contributed by atoms with E-state index in [0.29, 0.717) is 59.0 Å². The number of carbonyl (C=O) groups is 1. The minimum Gasteiger partial charge on any atom is -0.360 e. The third-order valence-electron chi connectivity index (χ3n) is 9.67. The maximum atomic E-state index is 12.8. The summed E-state index contributed by atoms with van der Waals surface area (Å²) in [5, 5.41) is 10.3. The normalized spacial score (nSPS) is 23.9. The lowest BCUT2D eigenvalue weighted by molar-refractivity contribution is 0.0981. The summed E-state index contributed by atoms with van der Waals surface area (Å²) >= 11 is 14.6. The van der Waals surface area contributed by atoms with Crippen LogP contribution in [0.5, 0.6) is 0 Å². The van der Waals surface area contributed by atoms with E-state index in [1.54, 1.807) is 36.5 Å². The number of piperidine rings is 1. The zero-order valence-corrected chi connectivity index (χ0v) is 27.1. The van der Waals surface area contributed by atoms with E-state index in [9.17, 15) is 13.2 Å². The monoisotopic (exact) mass is 671 g/mol. The number of benzene rings is 2. The summed E-state index contributed by atoms with van der Waals surface area (Å²) in [5.74, 6) is 0.747. The van der Waals surface area contributed by atoms with Gasteiger partial charge in [-0.1, -0.05) is 45.8 Å². The minimum absolute atomic E-state index is 0.324. The number of rotatable bonds is 9. The van der Waals surface area contributed by atoms with Gasteiger partial charge in [-0.2, -0.15) is 0 Å². The van der Waals surface area contributed by atoms with E-state index in [0.717, 1.165) is 70.0 Å². The molecular weight excluding hydrogens is 641 g/mol. The number of amides is 1. The fourth-order valence-corrected chi connectivity index (χ4v) is 9.56. The Balaban J connectivity index is 0.953. The van der Waals surface area contributed by atoms with Crippen LogP contribution in [0.15, 0.2) is 40.9 Å². The molecule has 2 aliphatic heterocycles. The Labute approximate surface area is 269 Å². The van der Waals surface area contributed by atoms with Crippen LogP contribution in [0.3, 0.4) is 0 Å². The van der Waals surface area contributed by atoms with Crippen molar-refractivity contribution in [3.05, 3.63) is 63.3 Å².